The molecule has 0 bridgehead atoms. The SMILES string of the molecule is CN=C(NCC(C)c1ccccc1)N1CCN(Cc2cc(OC)c(OC)c(OC)c2)CC1. The van der Waals surface area contributed by atoms with Gasteiger partial charge in [0.2, 0.25) is 5.75 Å². The molecule has 0 aromatic heterocycles. The van der Waals surface area contributed by atoms with Gasteiger partial charge in [-0.25, -0.2) is 0 Å². The van der Waals surface area contributed by atoms with Crippen LogP contribution in [0.25, 0.3) is 0 Å². The molecule has 2 aromatic rings. The number of aliphatic imine (C=N–C) groups is 1. The minimum absolute atomic E-state index is 0.425. The van der Waals surface area contributed by atoms with Crippen LogP contribution in [0, 0.1) is 0 Å². The van der Waals surface area contributed by atoms with Crippen LogP contribution in [0.1, 0.15) is 24.0 Å². The monoisotopic (exact) mass is 440 g/mol. The van der Waals surface area contributed by atoms with Crippen molar-refractivity contribution < 1.29 is 14.2 Å². The predicted octanol–water partition coefficient (Wildman–Crippen LogP) is 3.21. The molecular formula is C25H36N4O3. The summed E-state index contributed by atoms with van der Waals surface area (Å²) in [4.78, 5) is 9.30. The van der Waals surface area contributed by atoms with Gasteiger partial charge in [0.1, 0.15) is 0 Å². The lowest BCUT2D eigenvalue weighted by Crippen LogP contribution is -2.52. The number of ether oxygens (including phenoxy) is 3. The van der Waals surface area contributed by atoms with E-state index in [1.807, 2.05) is 19.2 Å². The number of nitrogens with zero attached hydrogens (tertiary/aromatic N) is 3. The number of piperazine rings is 1. The molecule has 1 N–H and O–H groups in total. The van der Waals surface area contributed by atoms with Crippen LogP contribution in [0.3, 0.4) is 0 Å². The van der Waals surface area contributed by atoms with Crippen molar-refractivity contribution in [1.29, 1.82) is 0 Å². The highest BCUT2D eigenvalue weighted by Crippen LogP contribution is 2.38. The summed E-state index contributed by atoms with van der Waals surface area (Å²) in [6.07, 6.45) is 0. The first-order valence-corrected chi connectivity index (χ1v) is 11.1. The van der Waals surface area contributed by atoms with Crippen LogP contribution in [-0.2, 0) is 6.54 Å². The van der Waals surface area contributed by atoms with Gasteiger partial charge >= 0.3 is 0 Å². The summed E-state index contributed by atoms with van der Waals surface area (Å²) in [6, 6.07) is 14.6. The second-order valence-electron chi connectivity index (χ2n) is 8.04. The maximum absolute atomic E-state index is 5.49. The lowest BCUT2D eigenvalue weighted by atomic mass is 10.0. The molecule has 174 valence electrons. The summed E-state index contributed by atoms with van der Waals surface area (Å²) in [5, 5.41) is 3.56. The molecule has 1 aliphatic heterocycles. The number of rotatable bonds is 8. The summed E-state index contributed by atoms with van der Waals surface area (Å²) < 4.78 is 16.4. The van der Waals surface area contributed by atoms with Gasteiger partial charge in [0, 0.05) is 46.3 Å². The van der Waals surface area contributed by atoms with Gasteiger partial charge in [0.15, 0.2) is 17.5 Å². The van der Waals surface area contributed by atoms with Crippen molar-refractivity contribution in [3.05, 3.63) is 53.6 Å². The molecule has 1 heterocycles. The average Bonchev–Trinajstić information content (AvgIpc) is 2.85. The van der Waals surface area contributed by atoms with Crippen LogP contribution in [0.5, 0.6) is 17.2 Å². The number of hydrogen-bond donors (Lipinski definition) is 1. The number of benzene rings is 2. The van der Waals surface area contributed by atoms with Gasteiger partial charge in [-0.05, 0) is 29.2 Å². The van der Waals surface area contributed by atoms with Gasteiger partial charge in [0.25, 0.3) is 0 Å². The van der Waals surface area contributed by atoms with Gasteiger partial charge in [-0.1, -0.05) is 37.3 Å². The van der Waals surface area contributed by atoms with Crippen LogP contribution in [-0.4, -0.2) is 76.9 Å². The third-order valence-electron chi connectivity index (χ3n) is 5.95. The Kier molecular flexibility index (Phi) is 8.62. The fourth-order valence-corrected chi connectivity index (χ4v) is 4.08. The minimum atomic E-state index is 0.425. The van der Waals surface area contributed by atoms with E-state index in [-0.39, 0.29) is 0 Å². The third kappa shape index (κ3) is 5.85. The molecule has 0 saturated carbocycles. The Morgan fingerprint density at radius 2 is 1.59 bits per heavy atom. The van der Waals surface area contributed by atoms with E-state index in [9.17, 15) is 0 Å². The smallest absolute Gasteiger partial charge is 0.203 e. The molecule has 7 heteroatoms. The molecule has 1 unspecified atom stereocenters. The number of methoxy groups -OCH3 is 3. The summed E-state index contributed by atoms with van der Waals surface area (Å²) in [5.41, 5.74) is 2.48. The Hall–Kier alpha value is -2.93. The fourth-order valence-electron chi connectivity index (χ4n) is 4.08. The van der Waals surface area contributed by atoms with E-state index in [0.717, 1.165) is 50.8 Å². The Morgan fingerprint density at radius 1 is 0.969 bits per heavy atom. The lowest BCUT2D eigenvalue weighted by molar-refractivity contribution is 0.172. The zero-order chi connectivity index (χ0) is 22.9. The summed E-state index contributed by atoms with van der Waals surface area (Å²) >= 11 is 0. The first-order valence-electron chi connectivity index (χ1n) is 11.1. The first-order chi connectivity index (χ1) is 15.6. The Morgan fingerprint density at radius 3 is 2.12 bits per heavy atom. The molecule has 2 aromatic carbocycles. The van der Waals surface area contributed by atoms with E-state index in [2.05, 4.69) is 57.4 Å². The van der Waals surface area contributed by atoms with E-state index in [0.29, 0.717) is 23.2 Å². The minimum Gasteiger partial charge on any atom is -0.493 e. The molecule has 7 nitrogen and oxygen atoms in total. The fraction of sp³-hybridized carbons (Fsp3) is 0.480. The van der Waals surface area contributed by atoms with Crippen LogP contribution < -0.4 is 19.5 Å². The maximum atomic E-state index is 5.49. The molecule has 0 spiro atoms. The highest BCUT2D eigenvalue weighted by molar-refractivity contribution is 5.80. The standard InChI is InChI=1S/C25H36N4O3/c1-19(21-9-7-6-8-10-21)17-27-25(26-2)29-13-11-28(12-14-29)18-20-15-22(30-3)24(32-5)23(16-20)31-4/h6-10,15-16,19H,11-14,17-18H2,1-5H3,(H,26,27). The summed E-state index contributed by atoms with van der Waals surface area (Å²) in [7, 11) is 6.78. The quantitative estimate of drug-likeness (QED) is 0.503. The average molecular weight is 441 g/mol. The van der Waals surface area contributed by atoms with E-state index >= 15 is 0 Å². The third-order valence-corrected chi connectivity index (χ3v) is 5.95. The van der Waals surface area contributed by atoms with Crippen molar-refractivity contribution in [2.45, 2.75) is 19.4 Å². The van der Waals surface area contributed by atoms with E-state index < -0.39 is 0 Å². The zero-order valence-corrected chi connectivity index (χ0v) is 19.9. The van der Waals surface area contributed by atoms with E-state index in [1.54, 1.807) is 21.3 Å². The van der Waals surface area contributed by atoms with Crippen molar-refractivity contribution in [1.82, 2.24) is 15.1 Å². The van der Waals surface area contributed by atoms with Crippen LogP contribution in [0.15, 0.2) is 47.5 Å². The van der Waals surface area contributed by atoms with Gasteiger partial charge in [-0.15, -0.1) is 0 Å². The topological polar surface area (TPSA) is 58.6 Å². The Balaban J connectivity index is 1.54. The zero-order valence-electron chi connectivity index (χ0n) is 19.9. The Labute approximate surface area is 192 Å². The lowest BCUT2D eigenvalue weighted by Gasteiger charge is -2.37. The molecule has 32 heavy (non-hydrogen) atoms. The second-order valence-corrected chi connectivity index (χ2v) is 8.04. The Bertz CT molecular complexity index is 855. The second kappa shape index (κ2) is 11.6. The predicted molar refractivity (Wildman–Crippen MR) is 129 cm³/mol. The van der Waals surface area contributed by atoms with Crippen molar-refractivity contribution in [3.8, 4) is 17.2 Å². The summed E-state index contributed by atoms with van der Waals surface area (Å²) in [5.74, 6) is 3.41. The number of guanidine groups is 1. The molecule has 0 amide bonds. The number of hydrogen-bond acceptors (Lipinski definition) is 5. The molecule has 1 fully saturated rings. The molecule has 3 rings (SSSR count). The largest absolute Gasteiger partial charge is 0.493 e. The molecule has 1 saturated heterocycles. The summed E-state index contributed by atoms with van der Waals surface area (Å²) in [6.45, 7) is 7.74. The highest BCUT2D eigenvalue weighted by atomic mass is 16.5. The van der Waals surface area contributed by atoms with Gasteiger partial charge < -0.3 is 24.4 Å². The molecule has 0 radical (unpaired) electrons. The normalized spacial score (nSPS) is 15.9. The van der Waals surface area contributed by atoms with Crippen molar-refractivity contribution in [2.24, 2.45) is 4.99 Å². The van der Waals surface area contributed by atoms with Crippen LogP contribution in [0.2, 0.25) is 0 Å². The maximum Gasteiger partial charge on any atom is 0.203 e. The highest BCUT2D eigenvalue weighted by Gasteiger charge is 2.21. The van der Waals surface area contributed by atoms with Crippen molar-refractivity contribution >= 4 is 5.96 Å². The molecule has 1 aliphatic rings. The number of nitrogens with one attached hydrogen (secondary N) is 1. The first kappa shape index (κ1) is 23.7. The van der Waals surface area contributed by atoms with Gasteiger partial charge in [-0.3, -0.25) is 9.89 Å². The molecular weight excluding hydrogens is 404 g/mol. The van der Waals surface area contributed by atoms with E-state index in [4.69, 9.17) is 14.2 Å². The molecule has 0 aliphatic carbocycles. The van der Waals surface area contributed by atoms with E-state index in [1.165, 1.54) is 5.56 Å². The van der Waals surface area contributed by atoms with Gasteiger partial charge in [-0.2, -0.15) is 0 Å². The van der Waals surface area contributed by atoms with Gasteiger partial charge in [0.05, 0.1) is 21.3 Å². The van der Waals surface area contributed by atoms with Crippen LogP contribution in [0.4, 0.5) is 0 Å². The molecule has 1 atom stereocenters. The van der Waals surface area contributed by atoms with Crippen LogP contribution >= 0.6 is 0 Å². The van der Waals surface area contributed by atoms with Crippen molar-refractivity contribution in [2.75, 3.05) is 61.1 Å². The van der Waals surface area contributed by atoms with Crippen molar-refractivity contribution in [3.63, 3.8) is 0 Å².